The Bertz CT molecular complexity index is 998. The largest absolute Gasteiger partial charge is 0.485 e. The molecule has 3 atom stereocenters. The Labute approximate surface area is 167 Å². The number of fused-ring (bicyclic) bond motifs is 1. The van der Waals surface area contributed by atoms with Gasteiger partial charge in [0.15, 0.2) is 12.4 Å². The highest BCUT2D eigenvalue weighted by molar-refractivity contribution is 6.22. The fraction of sp³-hybridized carbons (Fsp3) is 0.261. The minimum absolute atomic E-state index is 0.0166. The van der Waals surface area contributed by atoms with Crippen molar-refractivity contribution in [1.82, 2.24) is 0 Å². The molecule has 2 amide bonds. The van der Waals surface area contributed by atoms with Crippen molar-refractivity contribution in [1.29, 1.82) is 0 Å². The van der Waals surface area contributed by atoms with E-state index in [0.29, 0.717) is 23.4 Å². The molecule has 0 radical (unpaired) electrons. The van der Waals surface area contributed by atoms with Gasteiger partial charge in [-0.25, -0.2) is 9.29 Å². The second kappa shape index (κ2) is 7.62. The molecule has 2 aliphatic rings. The number of rotatable bonds is 5. The lowest BCUT2D eigenvalue weighted by molar-refractivity contribution is -0.122. The first kappa shape index (κ1) is 19.1. The monoisotopic (exact) mass is 393 g/mol. The average molecular weight is 393 g/mol. The molecule has 1 aliphatic carbocycles. The minimum atomic E-state index is -0.416. The van der Waals surface area contributed by atoms with Gasteiger partial charge in [-0.2, -0.15) is 0 Å². The van der Waals surface area contributed by atoms with Gasteiger partial charge in [0.25, 0.3) is 0 Å². The normalized spacial score (nSPS) is 23.2. The topological polar surface area (TPSA) is 63.7 Å². The maximum absolute atomic E-state index is 13.0. The van der Waals surface area contributed by atoms with Crippen molar-refractivity contribution in [3.05, 3.63) is 72.1 Å². The Morgan fingerprint density at radius 2 is 1.90 bits per heavy atom. The number of ether oxygens (including phenoxy) is 1. The molecule has 4 rings (SSSR count). The van der Waals surface area contributed by atoms with Gasteiger partial charge >= 0.3 is 0 Å². The first-order valence-electron chi connectivity index (χ1n) is 9.52. The second-order valence-corrected chi connectivity index (χ2v) is 7.38. The number of nitrogens with zero attached hydrogens (tertiary/aromatic N) is 1. The maximum Gasteiger partial charge on any atom is 0.238 e. The highest BCUT2D eigenvalue weighted by Gasteiger charge is 2.50. The van der Waals surface area contributed by atoms with Crippen molar-refractivity contribution < 1.29 is 23.5 Å². The third kappa shape index (κ3) is 3.58. The van der Waals surface area contributed by atoms with E-state index < -0.39 is 5.82 Å². The number of hydrogen-bond donors (Lipinski definition) is 0. The van der Waals surface area contributed by atoms with E-state index in [2.05, 4.69) is 0 Å². The van der Waals surface area contributed by atoms with Crippen LogP contribution >= 0.6 is 0 Å². The molecular formula is C23H20FNO4. The summed E-state index contributed by atoms with van der Waals surface area (Å²) in [5, 5.41) is 0. The number of allylic oxidation sites excluding steroid dienone is 2. The minimum Gasteiger partial charge on any atom is -0.485 e. The van der Waals surface area contributed by atoms with E-state index in [9.17, 15) is 18.8 Å². The molecule has 0 N–H and O–H groups in total. The summed E-state index contributed by atoms with van der Waals surface area (Å²) in [5.74, 6) is -1.38. The fourth-order valence-corrected chi connectivity index (χ4v) is 3.98. The van der Waals surface area contributed by atoms with Crippen LogP contribution in [0.1, 0.15) is 23.7 Å². The van der Waals surface area contributed by atoms with Crippen LogP contribution in [0.25, 0.3) is 0 Å². The summed E-state index contributed by atoms with van der Waals surface area (Å²) in [6.45, 7) is 1.71. The summed E-state index contributed by atoms with van der Waals surface area (Å²) in [4.78, 5) is 39.2. The van der Waals surface area contributed by atoms with Crippen LogP contribution < -0.4 is 9.64 Å². The van der Waals surface area contributed by atoms with E-state index >= 15 is 0 Å². The van der Waals surface area contributed by atoms with E-state index in [0.717, 1.165) is 0 Å². The Hall–Kier alpha value is -3.28. The summed E-state index contributed by atoms with van der Waals surface area (Å²) in [6, 6.07) is 11.8. The van der Waals surface area contributed by atoms with Gasteiger partial charge in [-0.05, 0) is 48.7 Å². The van der Waals surface area contributed by atoms with Gasteiger partial charge in [0.05, 0.1) is 17.5 Å². The molecule has 0 bridgehead atoms. The smallest absolute Gasteiger partial charge is 0.238 e. The third-order valence-electron chi connectivity index (χ3n) is 5.48. The number of amides is 2. The maximum atomic E-state index is 13.0. The van der Waals surface area contributed by atoms with Gasteiger partial charge in [-0.15, -0.1) is 0 Å². The van der Waals surface area contributed by atoms with Crippen molar-refractivity contribution in [3.8, 4) is 5.75 Å². The lowest BCUT2D eigenvalue weighted by Gasteiger charge is -2.22. The van der Waals surface area contributed by atoms with Gasteiger partial charge < -0.3 is 4.74 Å². The number of halogens is 1. The van der Waals surface area contributed by atoms with Crippen LogP contribution in [-0.4, -0.2) is 24.2 Å². The number of imide groups is 1. The quantitative estimate of drug-likeness (QED) is 0.441. The first-order valence-corrected chi connectivity index (χ1v) is 9.52. The second-order valence-electron chi connectivity index (χ2n) is 7.38. The van der Waals surface area contributed by atoms with E-state index in [1.165, 1.54) is 29.2 Å². The number of carbonyl (C=O) groups excluding carboxylic acids is 3. The molecule has 148 valence electrons. The molecule has 2 aromatic rings. The summed E-state index contributed by atoms with van der Waals surface area (Å²) in [7, 11) is 0. The highest BCUT2D eigenvalue weighted by atomic mass is 19.1. The predicted octanol–water partition coefficient (Wildman–Crippen LogP) is 3.79. The van der Waals surface area contributed by atoms with Crippen molar-refractivity contribution >= 4 is 23.3 Å². The van der Waals surface area contributed by atoms with Gasteiger partial charge in [0.2, 0.25) is 11.8 Å². The molecule has 0 spiro atoms. The number of benzene rings is 2. The van der Waals surface area contributed by atoms with Gasteiger partial charge in [-0.3, -0.25) is 14.4 Å². The third-order valence-corrected chi connectivity index (χ3v) is 5.48. The summed E-state index contributed by atoms with van der Waals surface area (Å²) >= 11 is 0. The average Bonchev–Trinajstić information content (AvgIpc) is 2.98. The number of anilines is 1. The van der Waals surface area contributed by atoms with E-state index in [1.807, 2.05) is 19.1 Å². The Balaban J connectivity index is 1.49. The molecule has 1 fully saturated rings. The Morgan fingerprint density at radius 3 is 2.62 bits per heavy atom. The van der Waals surface area contributed by atoms with Crippen molar-refractivity contribution in [2.75, 3.05) is 11.5 Å². The molecule has 29 heavy (non-hydrogen) atoms. The lowest BCUT2D eigenvalue weighted by atomic mass is 9.78. The van der Waals surface area contributed by atoms with Crippen LogP contribution in [0.3, 0.4) is 0 Å². The lowest BCUT2D eigenvalue weighted by Crippen LogP contribution is -2.31. The fourth-order valence-electron chi connectivity index (χ4n) is 3.98. The van der Waals surface area contributed by atoms with Crippen LogP contribution in [0.15, 0.2) is 60.7 Å². The zero-order valence-electron chi connectivity index (χ0n) is 15.9. The van der Waals surface area contributed by atoms with Gasteiger partial charge in [-0.1, -0.05) is 25.1 Å². The van der Waals surface area contributed by atoms with Crippen molar-refractivity contribution in [2.45, 2.75) is 13.3 Å². The summed E-state index contributed by atoms with van der Waals surface area (Å²) < 4.78 is 18.5. The van der Waals surface area contributed by atoms with Crippen molar-refractivity contribution in [2.24, 2.45) is 17.8 Å². The Kier molecular flexibility index (Phi) is 5.01. The van der Waals surface area contributed by atoms with Crippen LogP contribution in [0, 0.1) is 23.6 Å². The molecule has 2 aromatic carbocycles. The van der Waals surface area contributed by atoms with Crippen molar-refractivity contribution in [3.63, 3.8) is 0 Å². The predicted molar refractivity (Wildman–Crippen MR) is 105 cm³/mol. The van der Waals surface area contributed by atoms with Crippen LogP contribution in [0.4, 0.5) is 10.1 Å². The number of carbonyl (C=O) groups is 3. The molecule has 0 aromatic heterocycles. The highest BCUT2D eigenvalue weighted by Crippen LogP contribution is 2.40. The zero-order chi connectivity index (χ0) is 20.5. The summed E-state index contributed by atoms with van der Waals surface area (Å²) in [5.41, 5.74) is 0.784. The zero-order valence-corrected chi connectivity index (χ0v) is 15.9. The number of ketones is 1. The van der Waals surface area contributed by atoms with Gasteiger partial charge in [0, 0.05) is 11.6 Å². The standard InChI is InChI=1S/C23H20FNO4/c1-14-4-2-7-19-21(14)23(28)25(22(19)27)17-5-3-6-18(12-17)29-13-20(26)15-8-10-16(24)11-9-15/h2-6,8-12,14,19,21H,7,13H2,1H3. The summed E-state index contributed by atoms with van der Waals surface area (Å²) in [6.07, 6.45) is 4.51. The SMILES string of the molecule is CC1C=CCC2C(=O)N(c3cccc(OCC(=O)c4ccc(F)cc4)c3)C(=O)C12. The molecular weight excluding hydrogens is 373 g/mol. The van der Waals surface area contributed by atoms with Gasteiger partial charge in [0.1, 0.15) is 11.6 Å². The van der Waals surface area contributed by atoms with Crippen LogP contribution in [-0.2, 0) is 9.59 Å². The number of Topliss-reactive ketones (excluding diaryl/α,β-unsaturated/α-hetero) is 1. The molecule has 1 aliphatic heterocycles. The van der Waals surface area contributed by atoms with Crippen LogP contribution in [0.2, 0.25) is 0 Å². The molecule has 1 saturated heterocycles. The number of hydrogen-bond acceptors (Lipinski definition) is 4. The first-order chi connectivity index (χ1) is 14.0. The van der Waals surface area contributed by atoms with E-state index in [1.54, 1.807) is 24.3 Å². The molecule has 5 nitrogen and oxygen atoms in total. The molecule has 0 saturated carbocycles. The Morgan fingerprint density at radius 1 is 1.14 bits per heavy atom. The van der Waals surface area contributed by atoms with E-state index in [4.69, 9.17) is 4.74 Å². The molecule has 6 heteroatoms. The van der Waals surface area contributed by atoms with E-state index in [-0.39, 0.29) is 42.0 Å². The molecule has 1 heterocycles. The molecule has 3 unspecified atom stereocenters. The van der Waals surface area contributed by atoms with Crippen LogP contribution in [0.5, 0.6) is 5.75 Å².